The van der Waals surface area contributed by atoms with Crippen molar-refractivity contribution in [3.05, 3.63) is 41.0 Å². The number of ether oxygens (including phenoxy) is 1. The fraction of sp³-hybridized carbons (Fsp3) is 0.333. The Hall–Kier alpha value is -1.85. The lowest BCUT2D eigenvalue weighted by atomic mass is 10.2. The van der Waals surface area contributed by atoms with E-state index in [1.807, 2.05) is 17.0 Å². The third-order valence-corrected chi connectivity index (χ3v) is 3.34. The van der Waals surface area contributed by atoms with Crippen molar-refractivity contribution in [2.45, 2.75) is 13.3 Å². The maximum absolute atomic E-state index is 6.25. The molecule has 21 heavy (non-hydrogen) atoms. The molecule has 0 aliphatic carbocycles. The van der Waals surface area contributed by atoms with E-state index < -0.39 is 0 Å². The summed E-state index contributed by atoms with van der Waals surface area (Å²) in [7, 11) is 1.53. The Balaban J connectivity index is 2.42. The van der Waals surface area contributed by atoms with E-state index in [-0.39, 0.29) is 0 Å². The van der Waals surface area contributed by atoms with Gasteiger partial charge in [0.2, 0.25) is 0 Å². The number of aryl methyl sites for hydroxylation is 1. The number of methoxy groups -OCH3 is 1. The quantitative estimate of drug-likeness (QED) is 0.889. The topological polar surface area (TPSA) is 64.3 Å². The van der Waals surface area contributed by atoms with Crippen molar-refractivity contribution in [3.63, 3.8) is 0 Å². The van der Waals surface area contributed by atoms with Crippen LogP contribution >= 0.6 is 11.6 Å². The first-order chi connectivity index (χ1) is 10.2. The Labute approximate surface area is 129 Å². The molecule has 6 heteroatoms. The summed E-state index contributed by atoms with van der Waals surface area (Å²) in [6.07, 6.45) is 2.38. The normalized spacial score (nSPS) is 10.5. The summed E-state index contributed by atoms with van der Waals surface area (Å²) in [5.74, 6) is 0.626. The Morgan fingerprint density at radius 3 is 2.62 bits per heavy atom. The minimum Gasteiger partial charge on any atom is -0.467 e. The van der Waals surface area contributed by atoms with Gasteiger partial charge < -0.3 is 15.4 Å². The molecule has 1 aromatic heterocycles. The van der Waals surface area contributed by atoms with E-state index in [4.69, 9.17) is 22.1 Å². The highest BCUT2D eigenvalue weighted by Gasteiger charge is 2.16. The van der Waals surface area contributed by atoms with Gasteiger partial charge in [-0.15, -0.1) is 0 Å². The van der Waals surface area contributed by atoms with E-state index in [9.17, 15) is 0 Å². The van der Waals surface area contributed by atoms with Crippen molar-refractivity contribution in [2.75, 3.05) is 25.1 Å². The number of rotatable bonds is 6. The van der Waals surface area contributed by atoms with Crippen LogP contribution in [0, 0.1) is 6.92 Å². The highest BCUT2D eigenvalue weighted by atomic mass is 35.5. The Morgan fingerprint density at radius 2 is 2.00 bits per heavy atom. The van der Waals surface area contributed by atoms with Crippen LogP contribution < -0.4 is 15.4 Å². The van der Waals surface area contributed by atoms with Gasteiger partial charge in [0.1, 0.15) is 5.02 Å². The fourth-order valence-electron chi connectivity index (χ4n) is 1.96. The molecule has 2 rings (SSSR count). The molecule has 2 aromatic rings. The highest BCUT2D eigenvalue weighted by Crippen LogP contribution is 2.31. The summed E-state index contributed by atoms with van der Waals surface area (Å²) in [6.45, 7) is 3.37. The second-order valence-electron chi connectivity index (χ2n) is 4.66. The summed E-state index contributed by atoms with van der Waals surface area (Å²) >= 11 is 6.25. The van der Waals surface area contributed by atoms with Crippen molar-refractivity contribution < 1.29 is 4.74 Å². The Kier molecular flexibility index (Phi) is 5.36. The minimum absolute atomic E-state index is 0.291. The number of halogens is 1. The average Bonchev–Trinajstić information content (AvgIpc) is 2.51. The summed E-state index contributed by atoms with van der Waals surface area (Å²) in [5.41, 5.74) is 7.84. The molecular weight excluding hydrogens is 288 g/mol. The van der Waals surface area contributed by atoms with Crippen LogP contribution in [0.25, 0.3) is 0 Å². The molecule has 0 unspecified atom stereocenters. The maximum atomic E-state index is 6.25. The van der Waals surface area contributed by atoms with Gasteiger partial charge in [-0.2, -0.15) is 4.98 Å². The zero-order valence-electron chi connectivity index (χ0n) is 12.2. The van der Waals surface area contributed by atoms with Crippen LogP contribution in [0.3, 0.4) is 0 Å². The van der Waals surface area contributed by atoms with Crippen molar-refractivity contribution in [1.29, 1.82) is 0 Å². The first-order valence-electron chi connectivity index (χ1n) is 6.76. The van der Waals surface area contributed by atoms with E-state index >= 15 is 0 Å². The van der Waals surface area contributed by atoms with E-state index in [1.165, 1.54) is 12.7 Å². The van der Waals surface area contributed by atoms with Crippen LogP contribution in [0.15, 0.2) is 30.5 Å². The molecule has 0 aliphatic rings. The molecule has 1 aromatic carbocycles. The second kappa shape index (κ2) is 7.24. The minimum atomic E-state index is 0.291. The van der Waals surface area contributed by atoms with Crippen LogP contribution in [0.4, 0.5) is 11.5 Å². The molecule has 0 bridgehead atoms. The molecule has 0 atom stereocenters. The molecule has 5 nitrogen and oxygen atoms in total. The molecule has 0 saturated heterocycles. The van der Waals surface area contributed by atoms with Gasteiger partial charge in [0, 0.05) is 12.2 Å². The standard InChI is InChI=1S/C15H19ClN4O/c1-11-4-6-12(7-5-11)20(9-3-8-17)14-13(16)10-18-15(19-14)21-2/h4-7,10H,3,8-9,17H2,1-2H3. The third kappa shape index (κ3) is 3.83. The number of hydrogen-bond acceptors (Lipinski definition) is 5. The largest absolute Gasteiger partial charge is 0.467 e. The fourth-order valence-corrected chi connectivity index (χ4v) is 2.15. The van der Waals surface area contributed by atoms with E-state index in [0.717, 1.165) is 18.7 Å². The Morgan fingerprint density at radius 1 is 1.29 bits per heavy atom. The maximum Gasteiger partial charge on any atom is 0.318 e. The lowest BCUT2D eigenvalue weighted by molar-refractivity contribution is 0.380. The summed E-state index contributed by atoms with van der Waals surface area (Å²) in [5, 5.41) is 0.480. The van der Waals surface area contributed by atoms with Crippen LogP contribution in [0.5, 0.6) is 6.01 Å². The van der Waals surface area contributed by atoms with Crippen LogP contribution in [-0.4, -0.2) is 30.2 Å². The predicted octanol–water partition coefficient (Wildman–Crippen LogP) is 2.93. The van der Waals surface area contributed by atoms with E-state index in [1.54, 1.807) is 6.20 Å². The van der Waals surface area contributed by atoms with Crippen molar-refractivity contribution in [2.24, 2.45) is 5.73 Å². The highest BCUT2D eigenvalue weighted by molar-refractivity contribution is 6.33. The average molecular weight is 307 g/mol. The second-order valence-corrected chi connectivity index (χ2v) is 5.06. The lowest BCUT2D eigenvalue weighted by Gasteiger charge is -2.24. The lowest BCUT2D eigenvalue weighted by Crippen LogP contribution is -2.22. The number of hydrogen-bond donors (Lipinski definition) is 1. The molecule has 0 aliphatic heterocycles. The van der Waals surface area contributed by atoms with Gasteiger partial charge >= 0.3 is 6.01 Å². The first-order valence-corrected chi connectivity index (χ1v) is 7.14. The molecular formula is C15H19ClN4O. The predicted molar refractivity (Wildman–Crippen MR) is 85.5 cm³/mol. The first kappa shape index (κ1) is 15.5. The van der Waals surface area contributed by atoms with Gasteiger partial charge in [0.05, 0.1) is 13.3 Å². The zero-order chi connectivity index (χ0) is 15.2. The number of anilines is 2. The van der Waals surface area contributed by atoms with Crippen LogP contribution in [0.1, 0.15) is 12.0 Å². The number of nitrogens with two attached hydrogens (primary N) is 1. The van der Waals surface area contributed by atoms with Gasteiger partial charge in [-0.25, -0.2) is 4.98 Å². The number of benzene rings is 1. The van der Waals surface area contributed by atoms with Gasteiger partial charge in [0.25, 0.3) is 0 Å². The van der Waals surface area contributed by atoms with Crippen molar-refractivity contribution in [3.8, 4) is 6.01 Å². The van der Waals surface area contributed by atoms with E-state index in [0.29, 0.717) is 23.4 Å². The molecule has 112 valence electrons. The molecule has 0 amide bonds. The summed E-state index contributed by atoms with van der Waals surface area (Å²) < 4.78 is 5.09. The van der Waals surface area contributed by atoms with Crippen molar-refractivity contribution >= 4 is 23.1 Å². The van der Waals surface area contributed by atoms with Gasteiger partial charge in [-0.05, 0) is 32.0 Å². The van der Waals surface area contributed by atoms with Crippen molar-refractivity contribution in [1.82, 2.24) is 9.97 Å². The van der Waals surface area contributed by atoms with Crippen LogP contribution in [-0.2, 0) is 0 Å². The molecule has 0 saturated carbocycles. The van der Waals surface area contributed by atoms with Crippen LogP contribution in [0.2, 0.25) is 5.02 Å². The molecule has 0 radical (unpaired) electrons. The van der Waals surface area contributed by atoms with E-state index in [2.05, 4.69) is 29.0 Å². The van der Waals surface area contributed by atoms with Gasteiger partial charge in [-0.1, -0.05) is 29.3 Å². The molecule has 0 fully saturated rings. The summed E-state index contributed by atoms with van der Waals surface area (Å²) in [6, 6.07) is 8.47. The molecule has 1 heterocycles. The monoisotopic (exact) mass is 306 g/mol. The summed E-state index contributed by atoms with van der Waals surface area (Å²) in [4.78, 5) is 10.4. The third-order valence-electron chi connectivity index (χ3n) is 3.07. The Bertz CT molecular complexity index is 589. The number of nitrogens with zero attached hydrogens (tertiary/aromatic N) is 3. The number of aromatic nitrogens is 2. The van der Waals surface area contributed by atoms with Gasteiger partial charge in [-0.3, -0.25) is 0 Å². The molecule has 2 N–H and O–H groups in total. The molecule has 0 spiro atoms. The SMILES string of the molecule is COc1ncc(Cl)c(N(CCCN)c2ccc(C)cc2)n1. The zero-order valence-corrected chi connectivity index (χ0v) is 13.0. The smallest absolute Gasteiger partial charge is 0.318 e. The van der Waals surface area contributed by atoms with Gasteiger partial charge in [0.15, 0.2) is 5.82 Å².